The lowest BCUT2D eigenvalue weighted by atomic mass is 9.33. The second-order valence-electron chi connectivity index (χ2n) is 19.0. The van der Waals surface area contributed by atoms with Crippen molar-refractivity contribution in [2.45, 2.75) is 138 Å². The van der Waals surface area contributed by atoms with Gasteiger partial charge in [-0.25, -0.2) is 9.67 Å². The summed E-state index contributed by atoms with van der Waals surface area (Å²) in [5.74, 6) is 0.671. The molecule has 2 heterocycles. The lowest BCUT2D eigenvalue weighted by Gasteiger charge is -2.72. The van der Waals surface area contributed by atoms with Crippen molar-refractivity contribution in [1.29, 1.82) is 5.26 Å². The molecule has 9 heteroatoms. The third kappa shape index (κ3) is 4.89. The molecule has 4 aliphatic carbocycles. The maximum atomic E-state index is 13.5. The lowest BCUT2D eigenvalue weighted by Crippen LogP contribution is -2.71. The number of allylic oxidation sites excluding steroid dienone is 1. The summed E-state index contributed by atoms with van der Waals surface area (Å²) in [7, 11) is 0. The number of aliphatic carboxylic acids is 1. The molecule has 6 rings (SSSR count). The predicted molar refractivity (Wildman–Crippen MR) is 189 cm³/mol. The van der Waals surface area contributed by atoms with E-state index in [-0.39, 0.29) is 51.7 Å². The molecule has 1 aliphatic heterocycles. The summed E-state index contributed by atoms with van der Waals surface area (Å²) in [5.41, 5.74) is 6.19. The van der Waals surface area contributed by atoms with E-state index >= 15 is 0 Å². The zero-order valence-electron chi connectivity index (χ0n) is 32.0. The highest BCUT2D eigenvalue weighted by Crippen LogP contribution is 2.76. The minimum atomic E-state index is -0.643. The Kier molecular flexibility index (Phi) is 8.85. The minimum absolute atomic E-state index is 0.0504. The summed E-state index contributed by atoms with van der Waals surface area (Å²) in [6.45, 7) is 25.6. The fourth-order valence-electron chi connectivity index (χ4n) is 12.4. The Hall–Kier alpha value is -2.28. The van der Waals surface area contributed by atoms with Crippen molar-refractivity contribution in [1.82, 2.24) is 14.8 Å². The number of ether oxygens (including phenoxy) is 2. The van der Waals surface area contributed by atoms with Crippen molar-refractivity contribution in [3.05, 3.63) is 23.8 Å². The highest BCUT2D eigenvalue weighted by Gasteiger charge is 2.73. The van der Waals surface area contributed by atoms with Crippen LogP contribution in [0.4, 0.5) is 0 Å². The summed E-state index contributed by atoms with van der Waals surface area (Å²) in [6, 6.07) is 2.06. The van der Waals surface area contributed by atoms with Crippen molar-refractivity contribution in [2.75, 3.05) is 13.2 Å². The van der Waals surface area contributed by atoms with E-state index in [0.717, 1.165) is 38.5 Å². The molecular weight excluding hydrogens is 614 g/mol. The molecule has 49 heavy (non-hydrogen) atoms. The van der Waals surface area contributed by atoms with Crippen molar-refractivity contribution in [3.63, 3.8) is 0 Å². The number of hydrogen-bond donors (Lipinski definition) is 2. The molecule has 3 N–H and O–H groups in total. The molecular formula is C40H63N5O4. The summed E-state index contributed by atoms with van der Waals surface area (Å²) in [4.78, 5) is 17.8. The third-order valence-corrected chi connectivity index (χ3v) is 16.5. The van der Waals surface area contributed by atoms with Gasteiger partial charge in [0, 0.05) is 16.4 Å². The second-order valence-corrected chi connectivity index (χ2v) is 19.0. The molecule has 0 radical (unpaired) electrons. The van der Waals surface area contributed by atoms with Gasteiger partial charge in [0.1, 0.15) is 12.4 Å². The van der Waals surface area contributed by atoms with E-state index in [1.807, 2.05) is 4.68 Å². The van der Waals surface area contributed by atoms with Gasteiger partial charge in [-0.3, -0.25) is 4.79 Å². The molecule has 2 bridgehead atoms. The van der Waals surface area contributed by atoms with Crippen LogP contribution in [0.3, 0.4) is 0 Å². The number of nitrogens with zero attached hydrogens (tertiary/aromatic N) is 4. The van der Waals surface area contributed by atoms with Crippen LogP contribution < -0.4 is 5.73 Å². The molecule has 1 saturated heterocycles. The van der Waals surface area contributed by atoms with Gasteiger partial charge in [-0.1, -0.05) is 74.0 Å². The SMILES string of the molecule is CC(C)[C@@H](C)[C@@]1(C)CC[C@]2(C)[C@H]3CC[C@H]4[C@@]5(C)CO[C@@H](C)[C@@]4(C[C@@H](n4ncnc4C#N)[C@@H]5OC[C@](C)(N)C(C)C)C3=CC[C@@]2(C)[C@@H]1C(=O)O. The van der Waals surface area contributed by atoms with Crippen LogP contribution >= 0.6 is 0 Å². The minimum Gasteiger partial charge on any atom is -0.481 e. The van der Waals surface area contributed by atoms with Crippen LogP contribution in [-0.2, 0) is 14.3 Å². The first-order chi connectivity index (χ1) is 22.8. The number of carboxylic acid groups (broad SMARTS) is 1. The van der Waals surface area contributed by atoms with Crippen LogP contribution in [0.5, 0.6) is 0 Å². The maximum Gasteiger partial charge on any atom is 0.307 e. The molecule has 13 atom stereocenters. The number of aromatic nitrogens is 3. The fraction of sp³-hybridized carbons (Fsp3) is 0.850. The molecule has 272 valence electrons. The van der Waals surface area contributed by atoms with Crippen molar-refractivity contribution in [2.24, 2.45) is 68.3 Å². The van der Waals surface area contributed by atoms with E-state index in [9.17, 15) is 15.2 Å². The van der Waals surface area contributed by atoms with Crippen LogP contribution in [-0.4, -0.2) is 56.8 Å². The number of nitriles is 1. The van der Waals surface area contributed by atoms with E-state index in [1.54, 1.807) is 0 Å². The molecule has 0 amide bonds. The Labute approximate surface area is 294 Å². The smallest absolute Gasteiger partial charge is 0.307 e. The number of fused-ring (bicyclic) bond motifs is 3. The number of carbonyl (C=O) groups is 1. The first-order valence-corrected chi connectivity index (χ1v) is 19.0. The monoisotopic (exact) mass is 677 g/mol. The number of nitrogens with two attached hydrogens (primary N) is 1. The molecule has 0 aromatic carbocycles. The maximum absolute atomic E-state index is 13.5. The van der Waals surface area contributed by atoms with E-state index in [4.69, 9.17) is 15.2 Å². The highest BCUT2D eigenvalue weighted by molar-refractivity contribution is 5.73. The standard InChI is InChI=1S/C40H63N5O4/c1-23(2)25(5)35(7)16-17-37(9)27-12-13-30-36(8)20-48-26(6)40(30,28(27)14-15-38(37,10)32(35)34(46)47)18-29(45-31(19-41)43-22-44-45)33(36)49-21-39(11,42)24(3)4/h14,22-27,29-30,32-33H,12-13,15-18,20-21,42H2,1-11H3,(H,46,47)/t25-,26+,27+,29-,30+,32-,33+,35-,36-,37-,38+,39+,40+/m1/s1. The molecule has 9 nitrogen and oxygen atoms in total. The van der Waals surface area contributed by atoms with Crippen molar-refractivity contribution >= 4 is 5.97 Å². The van der Waals surface area contributed by atoms with Gasteiger partial charge in [0.15, 0.2) is 0 Å². The molecule has 4 fully saturated rings. The fourth-order valence-corrected chi connectivity index (χ4v) is 12.4. The summed E-state index contributed by atoms with van der Waals surface area (Å²) < 4.78 is 15.7. The molecule has 0 spiro atoms. The van der Waals surface area contributed by atoms with Gasteiger partial charge in [-0.15, -0.1) is 0 Å². The Morgan fingerprint density at radius 2 is 1.88 bits per heavy atom. The van der Waals surface area contributed by atoms with E-state index in [2.05, 4.69) is 98.4 Å². The van der Waals surface area contributed by atoms with Crippen molar-refractivity contribution in [3.8, 4) is 6.07 Å². The van der Waals surface area contributed by atoms with E-state index < -0.39 is 22.8 Å². The summed E-state index contributed by atoms with van der Waals surface area (Å²) in [5, 5.41) is 25.9. The molecule has 3 saturated carbocycles. The number of hydrogen-bond acceptors (Lipinski definition) is 7. The summed E-state index contributed by atoms with van der Waals surface area (Å²) >= 11 is 0. The van der Waals surface area contributed by atoms with Gasteiger partial charge < -0.3 is 20.3 Å². The van der Waals surface area contributed by atoms with E-state index in [1.165, 1.54) is 11.9 Å². The molecule has 1 aromatic rings. The largest absolute Gasteiger partial charge is 0.481 e. The van der Waals surface area contributed by atoms with Gasteiger partial charge in [-0.2, -0.15) is 10.4 Å². The van der Waals surface area contributed by atoms with Gasteiger partial charge in [0.2, 0.25) is 5.82 Å². The van der Waals surface area contributed by atoms with Gasteiger partial charge >= 0.3 is 5.97 Å². The Bertz CT molecular complexity index is 1530. The zero-order valence-corrected chi connectivity index (χ0v) is 32.0. The quantitative estimate of drug-likeness (QED) is 0.271. The average Bonchev–Trinajstić information content (AvgIpc) is 3.51. The number of rotatable bonds is 8. The average molecular weight is 678 g/mol. The summed E-state index contributed by atoms with van der Waals surface area (Å²) in [6.07, 6.45) is 9.07. The Morgan fingerprint density at radius 3 is 2.49 bits per heavy atom. The van der Waals surface area contributed by atoms with Crippen LogP contribution in [0.1, 0.15) is 127 Å². The molecule has 1 aromatic heterocycles. The number of carboxylic acids is 1. The first kappa shape index (κ1) is 36.5. The third-order valence-electron chi connectivity index (χ3n) is 16.5. The molecule has 0 unspecified atom stereocenters. The van der Waals surface area contributed by atoms with Gasteiger partial charge in [-0.05, 0) is 98.2 Å². The van der Waals surface area contributed by atoms with Crippen molar-refractivity contribution < 1.29 is 19.4 Å². The van der Waals surface area contributed by atoms with Crippen LogP contribution in [0, 0.1) is 73.9 Å². The predicted octanol–water partition coefficient (Wildman–Crippen LogP) is 7.43. The normalized spacial score (nSPS) is 45.0. The van der Waals surface area contributed by atoms with Gasteiger partial charge in [0.05, 0.1) is 37.4 Å². The Morgan fingerprint density at radius 1 is 1.18 bits per heavy atom. The van der Waals surface area contributed by atoms with Crippen LogP contribution in [0.25, 0.3) is 0 Å². The first-order valence-electron chi connectivity index (χ1n) is 19.0. The second kappa shape index (κ2) is 11.9. The molecule has 5 aliphatic rings. The van der Waals surface area contributed by atoms with Gasteiger partial charge in [0.25, 0.3) is 0 Å². The van der Waals surface area contributed by atoms with Crippen LogP contribution in [0.2, 0.25) is 0 Å². The Balaban J connectivity index is 1.49. The van der Waals surface area contributed by atoms with E-state index in [0.29, 0.717) is 36.8 Å². The van der Waals surface area contributed by atoms with Crippen LogP contribution in [0.15, 0.2) is 18.0 Å². The highest BCUT2D eigenvalue weighted by atomic mass is 16.5. The lowest BCUT2D eigenvalue weighted by molar-refractivity contribution is -0.273. The zero-order chi connectivity index (χ0) is 36.1. The topological polar surface area (TPSA) is 136 Å².